The molecule has 44 heavy (non-hydrogen) atoms. The van der Waals surface area contributed by atoms with Gasteiger partial charge in [-0.2, -0.15) is 0 Å². The van der Waals surface area contributed by atoms with Gasteiger partial charge in [0.05, 0.1) is 5.69 Å². The van der Waals surface area contributed by atoms with Crippen molar-refractivity contribution in [2.45, 2.75) is 0 Å². The number of rotatable bonds is 6. The third-order valence-electron chi connectivity index (χ3n) is 8.35. The van der Waals surface area contributed by atoms with Crippen LogP contribution in [0.25, 0.3) is 44.9 Å². The van der Waals surface area contributed by atoms with Crippen molar-refractivity contribution in [3.8, 4) is 22.3 Å². The summed E-state index contributed by atoms with van der Waals surface area (Å²) in [5, 5.41) is 4.71. The summed E-state index contributed by atoms with van der Waals surface area (Å²) in [5.74, 6) is 0.884. The van der Waals surface area contributed by atoms with Crippen LogP contribution in [-0.4, -0.2) is 6.54 Å². The third kappa shape index (κ3) is 4.85. The summed E-state index contributed by atoms with van der Waals surface area (Å²) >= 11 is 0. The number of fused-ring (bicyclic) bond motifs is 3. The van der Waals surface area contributed by atoms with Gasteiger partial charge >= 0.3 is 0 Å². The zero-order valence-corrected chi connectivity index (χ0v) is 24.2. The molecule has 1 N–H and O–H groups in total. The maximum atomic E-state index is 6.16. The fraction of sp³-hybridized carbons (Fsp3) is 0.0244. The average Bonchev–Trinajstić information content (AvgIpc) is 3.48. The minimum Gasteiger partial charge on any atom is -0.454 e. The molecule has 0 unspecified atom stereocenters. The first-order valence-electron chi connectivity index (χ1n) is 15.0. The molecule has 2 heterocycles. The molecule has 210 valence electrons. The van der Waals surface area contributed by atoms with E-state index in [0.29, 0.717) is 0 Å². The zero-order chi connectivity index (χ0) is 29.3. The molecule has 0 radical (unpaired) electrons. The highest BCUT2D eigenvalue weighted by Gasteiger charge is 2.19. The summed E-state index contributed by atoms with van der Waals surface area (Å²) in [5.41, 5.74) is 12.5. The number of anilines is 4. The molecule has 0 saturated carbocycles. The van der Waals surface area contributed by atoms with Gasteiger partial charge < -0.3 is 14.6 Å². The van der Waals surface area contributed by atoms with E-state index in [0.717, 1.165) is 46.0 Å². The normalized spacial score (nSPS) is 12.3. The minimum atomic E-state index is 0.751. The molecule has 1 aliphatic rings. The Morgan fingerprint density at radius 2 is 0.909 bits per heavy atom. The van der Waals surface area contributed by atoms with Crippen molar-refractivity contribution in [2.75, 3.05) is 16.8 Å². The van der Waals surface area contributed by atoms with Crippen LogP contribution in [0.3, 0.4) is 0 Å². The SMILES string of the molecule is C1=C(c2ccc(N(c3ccc(-c4ccccc4)cc3)c3ccc(-c4ccccc4)cc3)cc2)CNc2c1oc1ccccc21. The number of hydrogen-bond donors (Lipinski definition) is 1. The van der Waals surface area contributed by atoms with Crippen molar-refractivity contribution in [1.29, 1.82) is 0 Å². The highest BCUT2D eigenvalue weighted by atomic mass is 16.3. The van der Waals surface area contributed by atoms with Gasteiger partial charge in [-0.05, 0) is 88.0 Å². The molecule has 0 atom stereocenters. The summed E-state index contributed by atoms with van der Waals surface area (Å²) in [4.78, 5) is 2.32. The fourth-order valence-corrected chi connectivity index (χ4v) is 6.07. The van der Waals surface area contributed by atoms with Gasteiger partial charge in [-0.25, -0.2) is 0 Å². The van der Waals surface area contributed by atoms with E-state index in [9.17, 15) is 0 Å². The van der Waals surface area contributed by atoms with Crippen molar-refractivity contribution in [1.82, 2.24) is 0 Å². The predicted octanol–water partition coefficient (Wildman–Crippen LogP) is 11.2. The van der Waals surface area contributed by atoms with Gasteiger partial charge in [-0.15, -0.1) is 0 Å². The summed E-state index contributed by atoms with van der Waals surface area (Å²) in [6.07, 6.45) is 2.17. The largest absolute Gasteiger partial charge is 0.454 e. The van der Waals surface area contributed by atoms with E-state index in [1.54, 1.807) is 0 Å². The lowest BCUT2D eigenvalue weighted by Crippen LogP contribution is -2.11. The summed E-state index contributed by atoms with van der Waals surface area (Å²) < 4.78 is 6.16. The molecule has 0 aliphatic carbocycles. The molecule has 7 aromatic rings. The second-order valence-electron chi connectivity index (χ2n) is 11.1. The fourth-order valence-electron chi connectivity index (χ4n) is 6.07. The Balaban J connectivity index is 1.15. The topological polar surface area (TPSA) is 28.4 Å². The number of benzene rings is 6. The summed E-state index contributed by atoms with van der Waals surface area (Å²) in [6.45, 7) is 0.751. The van der Waals surface area contributed by atoms with Gasteiger partial charge in [0.2, 0.25) is 0 Å². The van der Waals surface area contributed by atoms with Gasteiger partial charge in [-0.1, -0.05) is 109 Å². The first-order chi connectivity index (χ1) is 21.8. The van der Waals surface area contributed by atoms with Gasteiger partial charge in [-0.3, -0.25) is 0 Å². The van der Waals surface area contributed by atoms with Crippen molar-refractivity contribution < 1.29 is 4.42 Å². The Morgan fingerprint density at radius 3 is 1.45 bits per heavy atom. The minimum absolute atomic E-state index is 0.751. The molecule has 1 aliphatic heterocycles. The Bertz CT molecular complexity index is 1990. The smallest absolute Gasteiger partial charge is 0.151 e. The van der Waals surface area contributed by atoms with E-state index in [-0.39, 0.29) is 0 Å². The van der Waals surface area contributed by atoms with Crippen molar-refractivity contribution in [3.63, 3.8) is 0 Å². The van der Waals surface area contributed by atoms with Crippen LogP contribution >= 0.6 is 0 Å². The average molecular weight is 567 g/mol. The molecular weight excluding hydrogens is 536 g/mol. The maximum absolute atomic E-state index is 6.16. The molecule has 0 spiro atoms. The summed E-state index contributed by atoms with van der Waals surface area (Å²) in [6, 6.07) is 55.7. The zero-order valence-electron chi connectivity index (χ0n) is 24.2. The molecule has 6 aromatic carbocycles. The van der Waals surface area contributed by atoms with Crippen molar-refractivity contribution in [2.24, 2.45) is 0 Å². The van der Waals surface area contributed by atoms with Crippen molar-refractivity contribution >= 4 is 45.4 Å². The van der Waals surface area contributed by atoms with E-state index in [1.165, 1.54) is 33.4 Å². The Morgan fingerprint density at radius 1 is 0.455 bits per heavy atom. The highest BCUT2D eigenvalue weighted by Crippen LogP contribution is 2.39. The molecular formula is C41H30N2O. The van der Waals surface area contributed by atoms with Crippen LogP contribution in [0.1, 0.15) is 11.3 Å². The van der Waals surface area contributed by atoms with Gasteiger partial charge in [0.25, 0.3) is 0 Å². The highest BCUT2D eigenvalue weighted by molar-refractivity contribution is 6.01. The van der Waals surface area contributed by atoms with Gasteiger partial charge in [0.1, 0.15) is 5.58 Å². The Hall–Kier alpha value is -5.80. The van der Waals surface area contributed by atoms with E-state index >= 15 is 0 Å². The van der Waals surface area contributed by atoms with Crippen LogP contribution in [0.5, 0.6) is 0 Å². The van der Waals surface area contributed by atoms with Crippen molar-refractivity contribution in [3.05, 3.63) is 169 Å². The second kappa shape index (κ2) is 11.1. The lowest BCUT2D eigenvalue weighted by Gasteiger charge is -2.26. The lowest BCUT2D eigenvalue weighted by atomic mass is 10.0. The standard InChI is InChI=1S/C41H30N2O/c1-3-9-29(10-4-1)31-15-21-35(22-16-31)43(36-23-17-32(18-24-36)30-11-5-2-6-12-30)37-25-19-33(20-26-37)34-27-40-41(42-28-34)38-13-7-8-14-39(38)44-40/h1-27,42H,28H2. The number of nitrogens with one attached hydrogen (secondary N) is 1. The van der Waals surface area contributed by atoms with E-state index < -0.39 is 0 Å². The van der Waals surface area contributed by atoms with E-state index in [1.807, 2.05) is 18.2 Å². The number of para-hydroxylation sites is 1. The first-order valence-corrected chi connectivity index (χ1v) is 15.0. The molecule has 3 heteroatoms. The molecule has 0 bridgehead atoms. The van der Waals surface area contributed by atoms with E-state index in [4.69, 9.17) is 4.42 Å². The second-order valence-corrected chi connectivity index (χ2v) is 11.1. The molecule has 0 amide bonds. The van der Waals surface area contributed by atoms with Gasteiger partial charge in [0.15, 0.2) is 5.76 Å². The van der Waals surface area contributed by atoms with Crippen LogP contribution in [0.2, 0.25) is 0 Å². The monoisotopic (exact) mass is 566 g/mol. The van der Waals surface area contributed by atoms with Crippen LogP contribution in [0, 0.1) is 0 Å². The Labute approximate surface area is 257 Å². The molecule has 8 rings (SSSR count). The first kappa shape index (κ1) is 25.9. The molecule has 1 aromatic heterocycles. The quantitative estimate of drug-likeness (QED) is 0.217. The molecule has 0 saturated heterocycles. The van der Waals surface area contributed by atoms with Crippen LogP contribution < -0.4 is 10.2 Å². The van der Waals surface area contributed by atoms with Crippen LogP contribution in [-0.2, 0) is 0 Å². The molecule has 0 fully saturated rings. The van der Waals surface area contributed by atoms with Crippen LogP contribution in [0.4, 0.5) is 22.7 Å². The number of nitrogens with zero attached hydrogens (tertiary/aromatic N) is 1. The number of furan rings is 1. The Kier molecular flexibility index (Phi) is 6.54. The molecule has 3 nitrogen and oxygen atoms in total. The maximum Gasteiger partial charge on any atom is 0.151 e. The number of hydrogen-bond acceptors (Lipinski definition) is 3. The van der Waals surface area contributed by atoms with E-state index in [2.05, 4.69) is 156 Å². The van der Waals surface area contributed by atoms with Gasteiger partial charge in [0, 0.05) is 29.0 Å². The summed E-state index contributed by atoms with van der Waals surface area (Å²) in [7, 11) is 0. The predicted molar refractivity (Wildman–Crippen MR) is 185 cm³/mol. The van der Waals surface area contributed by atoms with Crippen LogP contribution in [0.15, 0.2) is 162 Å². The third-order valence-corrected chi connectivity index (χ3v) is 8.35. The lowest BCUT2D eigenvalue weighted by molar-refractivity contribution is 0.604.